The van der Waals surface area contributed by atoms with Crippen LogP contribution in [0.15, 0.2) is 17.1 Å². The summed E-state index contributed by atoms with van der Waals surface area (Å²) in [5.41, 5.74) is 3.02. The lowest BCUT2D eigenvalue weighted by atomic mass is 9.95. The third kappa shape index (κ3) is 2.92. The maximum absolute atomic E-state index is 11.2. The van der Waals surface area contributed by atoms with Crippen molar-refractivity contribution in [2.45, 2.75) is 76.8 Å². The van der Waals surface area contributed by atoms with E-state index in [4.69, 9.17) is 4.99 Å². The highest BCUT2D eigenvalue weighted by Gasteiger charge is 2.49. The molecule has 5 nitrogen and oxygen atoms in total. The minimum Gasteiger partial charge on any atom is -0.342 e. The van der Waals surface area contributed by atoms with E-state index in [1.54, 1.807) is 6.07 Å². The number of hydrogen-bond acceptors (Lipinski definition) is 4. The number of rotatable bonds is 3. The summed E-state index contributed by atoms with van der Waals surface area (Å²) in [6.45, 7) is 3.78. The quantitative estimate of drug-likeness (QED) is 0.518. The first-order valence-corrected chi connectivity index (χ1v) is 10.8. The van der Waals surface area contributed by atoms with Crippen molar-refractivity contribution in [3.8, 4) is 0 Å². The van der Waals surface area contributed by atoms with Gasteiger partial charge < -0.3 is 4.90 Å². The van der Waals surface area contributed by atoms with Gasteiger partial charge in [-0.1, -0.05) is 37.4 Å². The zero-order valence-electron chi connectivity index (χ0n) is 15.7. The van der Waals surface area contributed by atoms with Crippen molar-refractivity contribution in [1.82, 2.24) is 4.90 Å². The maximum atomic E-state index is 11.2. The summed E-state index contributed by atoms with van der Waals surface area (Å²) in [5.74, 6) is 1.15. The molecule has 0 radical (unpaired) electrons. The van der Waals surface area contributed by atoms with Crippen LogP contribution >= 0.6 is 11.8 Å². The molecule has 1 aromatic carbocycles. The van der Waals surface area contributed by atoms with E-state index < -0.39 is 0 Å². The first-order chi connectivity index (χ1) is 12.5. The van der Waals surface area contributed by atoms with Crippen molar-refractivity contribution in [3.63, 3.8) is 0 Å². The highest BCUT2D eigenvalue weighted by atomic mass is 32.2. The first-order valence-electron chi connectivity index (χ1n) is 9.77. The lowest BCUT2D eigenvalue weighted by Gasteiger charge is -2.40. The SMILES string of the molecule is Cc1c(N=C2SCC3(CCCC3)N2C2CCCC2)ccc([N+](=O)[O-])c1C. The highest BCUT2D eigenvalue weighted by Crippen LogP contribution is 2.48. The van der Waals surface area contributed by atoms with Gasteiger partial charge in [0.2, 0.25) is 0 Å². The maximum Gasteiger partial charge on any atom is 0.272 e. The summed E-state index contributed by atoms with van der Waals surface area (Å²) in [6.07, 6.45) is 10.4. The van der Waals surface area contributed by atoms with Crippen LogP contribution in [0.4, 0.5) is 11.4 Å². The topological polar surface area (TPSA) is 58.7 Å². The van der Waals surface area contributed by atoms with Crippen LogP contribution in [0.25, 0.3) is 0 Å². The number of nitro groups is 1. The number of nitrogens with zero attached hydrogens (tertiary/aromatic N) is 3. The number of aliphatic imine (C=N–C) groups is 1. The summed E-state index contributed by atoms with van der Waals surface area (Å²) in [6, 6.07) is 4.05. The van der Waals surface area contributed by atoms with Gasteiger partial charge in [0.25, 0.3) is 5.69 Å². The molecule has 140 valence electrons. The number of nitro benzene ring substituents is 1. The zero-order chi connectivity index (χ0) is 18.3. The zero-order valence-corrected chi connectivity index (χ0v) is 16.5. The molecule has 0 bridgehead atoms. The fourth-order valence-electron chi connectivity index (χ4n) is 4.97. The molecule has 4 rings (SSSR count). The van der Waals surface area contributed by atoms with Crippen LogP contribution < -0.4 is 0 Å². The Hall–Kier alpha value is -1.56. The molecule has 1 heterocycles. The van der Waals surface area contributed by atoms with Gasteiger partial charge in [-0.05, 0) is 51.2 Å². The molecule has 2 aliphatic carbocycles. The van der Waals surface area contributed by atoms with Crippen LogP contribution in [0.2, 0.25) is 0 Å². The molecule has 1 aliphatic heterocycles. The second kappa shape index (κ2) is 6.87. The molecule has 1 aromatic rings. The van der Waals surface area contributed by atoms with Gasteiger partial charge >= 0.3 is 0 Å². The summed E-state index contributed by atoms with van der Waals surface area (Å²) in [5, 5.41) is 12.3. The standard InChI is InChI=1S/C20H27N3O2S/c1-14-15(2)18(23(24)25)10-9-17(14)21-19-22(16-7-3-4-8-16)20(13-26-19)11-5-6-12-20/h9-10,16H,3-8,11-13H2,1-2H3. The van der Waals surface area contributed by atoms with Crippen molar-refractivity contribution in [1.29, 1.82) is 0 Å². The van der Waals surface area contributed by atoms with E-state index >= 15 is 0 Å². The average Bonchev–Trinajstić information content (AvgIpc) is 3.35. The highest BCUT2D eigenvalue weighted by molar-refractivity contribution is 8.14. The van der Waals surface area contributed by atoms with Gasteiger partial charge in [-0.25, -0.2) is 4.99 Å². The Morgan fingerprint density at radius 3 is 2.50 bits per heavy atom. The summed E-state index contributed by atoms with van der Waals surface area (Å²) >= 11 is 1.90. The van der Waals surface area contributed by atoms with Crippen molar-refractivity contribution < 1.29 is 4.92 Å². The fourth-order valence-corrected chi connectivity index (χ4v) is 6.44. The molecule has 0 amide bonds. The van der Waals surface area contributed by atoms with Gasteiger partial charge in [-0.2, -0.15) is 0 Å². The Morgan fingerprint density at radius 2 is 1.85 bits per heavy atom. The van der Waals surface area contributed by atoms with Crippen LogP contribution in [-0.2, 0) is 0 Å². The van der Waals surface area contributed by atoms with E-state index in [1.165, 1.54) is 51.4 Å². The third-order valence-electron chi connectivity index (χ3n) is 6.55. The van der Waals surface area contributed by atoms with E-state index in [9.17, 15) is 10.1 Å². The van der Waals surface area contributed by atoms with Crippen LogP contribution in [0.5, 0.6) is 0 Å². The van der Waals surface area contributed by atoms with E-state index in [2.05, 4.69) is 4.90 Å². The smallest absolute Gasteiger partial charge is 0.272 e. The lowest BCUT2D eigenvalue weighted by molar-refractivity contribution is -0.385. The minimum absolute atomic E-state index is 0.186. The monoisotopic (exact) mass is 373 g/mol. The molecule has 1 spiro atoms. The normalized spacial score (nSPS) is 24.2. The van der Waals surface area contributed by atoms with Crippen LogP contribution in [0.3, 0.4) is 0 Å². The van der Waals surface area contributed by atoms with E-state index in [-0.39, 0.29) is 10.6 Å². The summed E-state index contributed by atoms with van der Waals surface area (Å²) < 4.78 is 0. The molecule has 26 heavy (non-hydrogen) atoms. The average molecular weight is 374 g/mol. The molecule has 0 N–H and O–H groups in total. The second-order valence-electron chi connectivity index (χ2n) is 8.03. The van der Waals surface area contributed by atoms with Gasteiger partial charge in [-0.15, -0.1) is 0 Å². The number of hydrogen-bond donors (Lipinski definition) is 0. The molecule has 3 fully saturated rings. The van der Waals surface area contributed by atoms with Crippen molar-refractivity contribution in [2.24, 2.45) is 4.99 Å². The van der Waals surface area contributed by atoms with Crippen molar-refractivity contribution in [3.05, 3.63) is 33.4 Å². The van der Waals surface area contributed by atoms with Gasteiger partial charge in [0, 0.05) is 23.4 Å². The third-order valence-corrected chi connectivity index (χ3v) is 7.78. The second-order valence-corrected chi connectivity index (χ2v) is 8.98. The van der Waals surface area contributed by atoms with Gasteiger partial charge in [0.15, 0.2) is 5.17 Å². The lowest BCUT2D eigenvalue weighted by Crippen LogP contribution is -2.50. The molecule has 2 saturated carbocycles. The molecule has 0 aromatic heterocycles. The Kier molecular flexibility index (Phi) is 4.71. The molecule has 0 unspecified atom stereocenters. The number of amidine groups is 1. The predicted molar refractivity (Wildman–Crippen MR) is 107 cm³/mol. The van der Waals surface area contributed by atoms with Crippen molar-refractivity contribution >= 4 is 28.3 Å². The molecular weight excluding hydrogens is 346 g/mol. The molecule has 6 heteroatoms. The van der Waals surface area contributed by atoms with Crippen molar-refractivity contribution in [2.75, 3.05) is 5.75 Å². The summed E-state index contributed by atoms with van der Waals surface area (Å²) in [4.78, 5) is 18.6. The molecule has 1 saturated heterocycles. The Bertz CT molecular complexity index is 750. The Labute approximate surface area is 159 Å². The minimum atomic E-state index is -0.304. The number of benzene rings is 1. The van der Waals surface area contributed by atoms with E-state index in [1.807, 2.05) is 31.7 Å². The largest absolute Gasteiger partial charge is 0.342 e. The fraction of sp³-hybridized carbons (Fsp3) is 0.650. The van der Waals surface area contributed by atoms with E-state index in [0.29, 0.717) is 11.6 Å². The Balaban J connectivity index is 1.72. The molecule has 0 atom stereocenters. The Morgan fingerprint density at radius 1 is 1.15 bits per heavy atom. The van der Waals surface area contributed by atoms with Crippen LogP contribution in [0.1, 0.15) is 62.5 Å². The van der Waals surface area contributed by atoms with Crippen LogP contribution in [-0.4, -0.2) is 32.3 Å². The van der Waals surface area contributed by atoms with E-state index in [0.717, 1.165) is 27.7 Å². The van der Waals surface area contributed by atoms with Gasteiger partial charge in [-0.3, -0.25) is 10.1 Å². The van der Waals surface area contributed by atoms with Gasteiger partial charge in [0.1, 0.15) is 0 Å². The molecular formula is C20H27N3O2S. The first kappa shape index (κ1) is 17.8. The summed E-state index contributed by atoms with van der Waals surface area (Å²) in [7, 11) is 0. The van der Waals surface area contributed by atoms with Crippen LogP contribution in [0, 0.1) is 24.0 Å². The predicted octanol–water partition coefficient (Wildman–Crippen LogP) is 5.50. The molecule has 3 aliphatic rings. The number of thioether (sulfide) groups is 1. The van der Waals surface area contributed by atoms with Gasteiger partial charge in [0.05, 0.1) is 16.1 Å².